The molecule has 0 saturated carbocycles. The van der Waals surface area contributed by atoms with Crippen molar-refractivity contribution in [3.8, 4) is 28.4 Å². The summed E-state index contributed by atoms with van der Waals surface area (Å²) in [5.74, 6) is 0.827. The third kappa shape index (κ3) is 5.01. The molecule has 0 saturated heterocycles. The van der Waals surface area contributed by atoms with E-state index in [-0.39, 0.29) is 12.2 Å². The van der Waals surface area contributed by atoms with Gasteiger partial charge in [-0.2, -0.15) is 10.2 Å². The number of aromatic nitrogens is 6. The summed E-state index contributed by atoms with van der Waals surface area (Å²) in [5.41, 5.74) is 2.93. The fourth-order valence-corrected chi connectivity index (χ4v) is 2.99. The molecule has 9 nitrogen and oxygen atoms in total. The Morgan fingerprint density at radius 2 is 1.90 bits per heavy atom. The van der Waals surface area contributed by atoms with Crippen molar-refractivity contribution in [1.82, 2.24) is 29.5 Å². The normalized spacial score (nSPS) is 10.8. The second-order valence-electron chi connectivity index (χ2n) is 6.70. The smallest absolute Gasteiger partial charge is 0.267 e. The molecule has 0 fully saturated rings. The van der Waals surface area contributed by atoms with Crippen molar-refractivity contribution in [2.75, 3.05) is 6.61 Å². The largest absolute Gasteiger partial charge is 0.481 e. The maximum absolute atomic E-state index is 12.3. The summed E-state index contributed by atoms with van der Waals surface area (Å²) in [7, 11) is 1.82. The quantitative estimate of drug-likeness (QED) is 0.409. The molecule has 3 heterocycles. The molecule has 0 unspecified atom stereocenters. The summed E-state index contributed by atoms with van der Waals surface area (Å²) < 4.78 is 8.25. The Kier molecular flexibility index (Phi) is 5.85. The number of rotatable bonds is 7. The molecule has 31 heavy (non-hydrogen) atoms. The van der Waals surface area contributed by atoms with Gasteiger partial charge in [0.05, 0.1) is 30.8 Å². The predicted molar refractivity (Wildman–Crippen MR) is 114 cm³/mol. The van der Waals surface area contributed by atoms with E-state index < -0.39 is 5.24 Å². The van der Waals surface area contributed by atoms with Gasteiger partial charge in [-0.25, -0.2) is 14.6 Å². The lowest BCUT2D eigenvalue weighted by Crippen LogP contribution is -2.22. The monoisotopic (exact) mass is 436 g/mol. The summed E-state index contributed by atoms with van der Waals surface area (Å²) >= 11 is 5.26. The van der Waals surface area contributed by atoms with Gasteiger partial charge in [0.25, 0.3) is 10.8 Å². The Hall–Kier alpha value is -3.85. The van der Waals surface area contributed by atoms with E-state index in [2.05, 4.69) is 20.2 Å². The van der Waals surface area contributed by atoms with Crippen molar-refractivity contribution in [1.29, 1.82) is 0 Å². The Morgan fingerprint density at radius 3 is 2.61 bits per heavy atom. The molecule has 1 aromatic carbocycles. The Morgan fingerprint density at radius 1 is 1.10 bits per heavy atom. The van der Waals surface area contributed by atoms with Gasteiger partial charge in [0.1, 0.15) is 0 Å². The van der Waals surface area contributed by atoms with Crippen LogP contribution in [-0.2, 0) is 18.4 Å². The first-order valence-electron chi connectivity index (χ1n) is 9.27. The summed E-state index contributed by atoms with van der Waals surface area (Å²) in [6, 6.07) is 10.7. The second-order valence-corrected chi connectivity index (χ2v) is 7.13. The van der Waals surface area contributed by atoms with E-state index in [4.69, 9.17) is 16.3 Å². The molecule has 0 aliphatic carbocycles. The van der Waals surface area contributed by atoms with Crippen molar-refractivity contribution in [3.63, 3.8) is 0 Å². The molecule has 0 aliphatic rings. The van der Waals surface area contributed by atoms with Gasteiger partial charge in [-0.1, -0.05) is 18.2 Å². The second kappa shape index (κ2) is 8.88. The lowest BCUT2D eigenvalue weighted by molar-refractivity contribution is -0.113. The van der Waals surface area contributed by atoms with Gasteiger partial charge < -0.3 is 4.74 Å². The van der Waals surface area contributed by atoms with Gasteiger partial charge in [-0.3, -0.25) is 14.3 Å². The van der Waals surface area contributed by atoms with Crippen LogP contribution in [0.15, 0.2) is 66.0 Å². The molecule has 0 bridgehead atoms. The number of carbonyl (C=O) groups excluding carboxylic acids is 1. The molecule has 0 spiro atoms. The Balaban J connectivity index is 1.55. The summed E-state index contributed by atoms with van der Waals surface area (Å²) in [6.45, 7) is 0.0411. The summed E-state index contributed by atoms with van der Waals surface area (Å²) in [4.78, 5) is 31.6. The van der Waals surface area contributed by atoms with Crippen molar-refractivity contribution in [2.45, 2.75) is 6.54 Å². The van der Waals surface area contributed by atoms with Crippen molar-refractivity contribution < 1.29 is 9.53 Å². The summed E-state index contributed by atoms with van der Waals surface area (Å²) in [5, 5.41) is 8.00. The van der Waals surface area contributed by atoms with Crippen LogP contribution in [-0.4, -0.2) is 41.4 Å². The van der Waals surface area contributed by atoms with Gasteiger partial charge in [-0.15, -0.1) is 0 Å². The average molecular weight is 437 g/mol. The molecular weight excluding hydrogens is 420 g/mol. The highest BCUT2D eigenvalue weighted by molar-refractivity contribution is 6.63. The van der Waals surface area contributed by atoms with Crippen LogP contribution in [0.4, 0.5) is 0 Å². The highest BCUT2D eigenvalue weighted by Gasteiger charge is 2.08. The Bertz CT molecular complexity index is 1280. The SMILES string of the molecule is Cn1cc(-c2ccc(=O)n(Cc3cccc(-c4ncc(OCC(=O)Cl)cn4)c3)n2)cn1. The number of ether oxygens (including phenoxy) is 1. The topological polar surface area (TPSA) is 105 Å². The third-order valence-electron chi connectivity index (χ3n) is 4.37. The van der Waals surface area contributed by atoms with E-state index in [0.717, 1.165) is 16.7 Å². The minimum atomic E-state index is -0.603. The first-order valence-corrected chi connectivity index (χ1v) is 9.65. The van der Waals surface area contributed by atoms with Gasteiger partial charge in [-0.05, 0) is 29.3 Å². The molecule has 0 N–H and O–H groups in total. The Labute approximate surface area is 181 Å². The average Bonchev–Trinajstić information content (AvgIpc) is 3.21. The van der Waals surface area contributed by atoms with Crippen molar-refractivity contribution in [3.05, 3.63) is 77.1 Å². The van der Waals surface area contributed by atoms with E-state index in [9.17, 15) is 9.59 Å². The van der Waals surface area contributed by atoms with Crippen molar-refractivity contribution >= 4 is 16.8 Å². The lowest BCUT2D eigenvalue weighted by Gasteiger charge is -2.08. The molecule has 0 radical (unpaired) electrons. The van der Waals surface area contributed by atoms with Crippen LogP contribution in [0.2, 0.25) is 0 Å². The number of nitrogens with zero attached hydrogens (tertiary/aromatic N) is 6. The molecule has 0 amide bonds. The predicted octanol–water partition coefficient (Wildman–Crippen LogP) is 2.29. The van der Waals surface area contributed by atoms with Crippen LogP contribution in [0.1, 0.15) is 5.56 Å². The number of aryl methyl sites for hydroxylation is 1. The maximum Gasteiger partial charge on any atom is 0.267 e. The maximum atomic E-state index is 12.3. The molecule has 4 rings (SSSR count). The molecule has 10 heteroatoms. The highest BCUT2D eigenvalue weighted by Crippen LogP contribution is 2.19. The van der Waals surface area contributed by atoms with Crippen LogP contribution >= 0.6 is 11.6 Å². The van der Waals surface area contributed by atoms with Gasteiger partial charge in [0, 0.05) is 30.4 Å². The van der Waals surface area contributed by atoms with Crippen LogP contribution in [0, 0.1) is 0 Å². The number of hydrogen-bond donors (Lipinski definition) is 0. The third-order valence-corrected chi connectivity index (χ3v) is 4.47. The highest BCUT2D eigenvalue weighted by atomic mass is 35.5. The van der Waals surface area contributed by atoms with Crippen LogP contribution in [0.3, 0.4) is 0 Å². The number of halogens is 1. The van der Waals surface area contributed by atoms with E-state index >= 15 is 0 Å². The molecular formula is C21H17ClN6O3. The zero-order chi connectivity index (χ0) is 21.8. The standard InChI is InChI=1S/C21H17ClN6O3/c1-27-12-16(8-25-27)18-5-6-20(30)28(26-18)11-14-3-2-4-15(7-14)21-23-9-17(10-24-21)31-13-19(22)29/h2-10,12H,11,13H2,1H3. The lowest BCUT2D eigenvalue weighted by atomic mass is 10.1. The number of carbonyl (C=O) groups is 1. The zero-order valence-electron chi connectivity index (χ0n) is 16.5. The molecule has 3 aromatic heterocycles. The first-order chi connectivity index (χ1) is 15.0. The van der Waals surface area contributed by atoms with Crippen LogP contribution in [0.5, 0.6) is 5.75 Å². The van der Waals surface area contributed by atoms with Crippen molar-refractivity contribution in [2.24, 2.45) is 7.05 Å². The van der Waals surface area contributed by atoms with Gasteiger partial charge in [0.2, 0.25) is 0 Å². The van der Waals surface area contributed by atoms with Gasteiger partial charge >= 0.3 is 0 Å². The number of hydrogen-bond acceptors (Lipinski definition) is 7. The number of benzene rings is 1. The molecule has 0 aliphatic heterocycles. The van der Waals surface area contributed by atoms with E-state index in [1.54, 1.807) is 16.9 Å². The fourth-order valence-electron chi connectivity index (χ4n) is 2.93. The minimum Gasteiger partial charge on any atom is -0.481 e. The molecule has 0 atom stereocenters. The van der Waals surface area contributed by atoms with Gasteiger partial charge in [0.15, 0.2) is 18.2 Å². The molecule has 156 valence electrons. The van der Waals surface area contributed by atoms with Crippen LogP contribution < -0.4 is 10.3 Å². The van der Waals surface area contributed by atoms with E-state index in [1.807, 2.05) is 37.5 Å². The minimum absolute atomic E-state index is 0.204. The fraction of sp³-hybridized carbons (Fsp3) is 0.143. The van der Waals surface area contributed by atoms with E-state index in [1.165, 1.54) is 23.1 Å². The van der Waals surface area contributed by atoms with E-state index in [0.29, 0.717) is 23.8 Å². The first kappa shape index (κ1) is 20.4. The summed E-state index contributed by atoms with van der Waals surface area (Å²) in [6.07, 6.45) is 6.48. The zero-order valence-corrected chi connectivity index (χ0v) is 17.2. The van der Waals surface area contributed by atoms with Crippen LogP contribution in [0.25, 0.3) is 22.6 Å². The molecule has 4 aromatic rings.